The van der Waals surface area contributed by atoms with Crippen LogP contribution < -0.4 is 23.9 Å². The number of nitrogens with zero attached hydrogens (tertiary/aromatic N) is 3. The smallest absolute Gasteiger partial charge is 0.289 e. The van der Waals surface area contributed by atoms with Gasteiger partial charge >= 0.3 is 0 Å². The van der Waals surface area contributed by atoms with Gasteiger partial charge in [-0.05, 0) is 54.4 Å². The fraction of sp³-hybridized carbons (Fsp3) is 0.259. The molecule has 0 unspecified atom stereocenters. The van der Waals surface area contributed by atoms with Crippen LogP contribution in [-0.2, 0) is 14.8 Å². The van der Waals surface area contributed by atoms with Crippen LogP contribution in [-0.4, -0.2) is 52.8 Å². The number of benzene rings is 3. The molecule has 0 heterocycles. The Morgan fingerprint density at radius 2 is 1.75 bits per heavy atom. The monoisotopic (exact) mass is 570 g/mol. The Bertz CT molecular complexity index is 1460. The predicted octanol–water partition coefficient (Wildman–Crippen LogP) is 4.14. The Morgan fingerprint density at radius 1 is 1.05 bits per heavy atom. The van der Waals surface area contributed by atoms with Crippen LogP contribution in [0, 0.1) is 10.1 Å². The maximum atomic E-state index is 13.7. The Balaban J connectivity index is 1.88. The van der Waals surface area contributed by atoms with Crippen LogP contribution in [0.2, 0.25) is 0 Å². The van der Waals surface area contributed by atoms with Crippen LogP contribution >= 0.6 is 0 Å². The van der Waals surface area contributed by atoms with Gasteiger partial charge in [0.2, 0.25) is 0 Å². The van der Waals surface area contributed by atoms with E-state index >= 15 is 0 Å². The minimum atomic E-state index is -4.62. The SMILES string of the molecule is CCCCOc1ccc(/C=N/NC(=O)CN(c2ccc(OC)cc2OC)S(=O)(=O)c2ccccc2[N+](=O)[O-])cc1. The summed E-state index contributed by atoms with van der Waals surface area (Å²) in [5.41, 5.74) is 2.31. The molecule has 0 aromatic heterocycles. The van der Waals surface area contributed by atoms with E-state index in [0.717, 1.165) is 29.3 Å². The van der Waals surface area contributed by atoms with Crippen LogP contribution in [0.4, 0.5) is 11.4 Å². The van der Waals surface area contributed by atoms with Crippen LogP contribution in [0.15, 0.2) is 76.7 Å². The lowest BCUT2D eigenvalue weighted by Crippen LogP contribution is -2.40. The Kier molecular flexibility index (Phi) is 10.4. The normalized spacial score (nSPS) is 11.2. The third kappa shape index (κ3) is 7.47. The number of sulfonamides is 1. The van der Waals surface area contributed by atoms with Crippen molar-refractivity contribution in [3.63, 3.8) is 0 Å². The molecule has 0 aliphatic carbocycles. The molecular weight excluding hydrogens is 540 g/mol. The second-order valence-corrected chi connectivity index (χ2v) is 10.2. The van der Waals surface area contributed by atoms with E-state index < -0.39 is 38.0 Å². The number of unbranched alkanes of at least 4 members (excludes halogenated alkanes) is 1. The van der Waals surface area contributed by atoms with Gasteiger partial charge in [-0.3, -0.25) is 19.2 Å². The molecule has 0 saturated heterocycles. The summed E-state index contributed by atoms with van der Waals surface area (Å²) in [4.78, 5) is 23.1. The van der Waals surface area contributed by atoms with Gasteiger partial charge in [0.1, 0.15) is 23.8 Å². The van der Waals surface area contributed by atoms with E-state index in [1.807, 2.05) is 0 Å². The second kappa shape index (κ2) is 13.9. The largest absolute Gasteiger partial charge is 0.497 e. The maximum absolute atomic E-state index is 13.7. The highest BCUT2D eigenvalue weighted by Gasteiger charge is 2.34. The number of nitro groups is 1. The summed E-state index contributed by atoms with van der Waals surface area (Å²) in [7, 11) is -1.88. The van der Waals surface area contributed by atoms with Crippen molar-refractivity contribution in [3.8, 4) is 17.2 Å². The molecule has 0 aliphatic heterocycles. The fourth-order valence-corrected chi connectivity index (χ4v) is 5.16. The number of nitro benzene ring substituents is 1. The molecule has 13 heteroatoms. The summed E-state index contributed by atoms with van der Waals surface area (Å²) in [6.07, 6.45) is 3.36. The van der Waals surface area contributed by atoms with Crippen LogP contribution in [0.1, 0.15) is 25.3 Å². The topological polar surface area (TPSA) is 150 Å². The molecule has 1 N–H and O–H groups in total. The van der Waals surface area contributed by atoms with Crippen molar-refractivity contribution in [1.29, 1.82) is 0 Å². The van der Waals surface area contributed by atoms with Gasteiger partial charge in [0.15, 0.2) is 4.90 Å². The Hall–Kier alpha value is -4.65. The number of para-hydroxylation sites is 1. The third-order valence-corrected chi connectivity index (χ3v) is 7.43. The van der Waals surface area contributed by atoms with Crippen molar-refractivity contribution in [1.82, 2.24) is 5.43 Å². The molecule has 212 valence electrons. The van der Waals surface area contributed by atoms with Gasteiger partial charge in [-0.2, -0.15) is 5.10 Å². The zero-order valence-corrected chi connectivity index (χ0v) is 23.1. The van der Waals surface area contributed by atoms with Gasteiger partial charge in [0, 0.05) is 12.1 Å². The van der Waals surface area contributed by atoms with Crippen molar-refractivity contribution in [2.75, 3.05) is 31.7 Å². The summed E-state index contributed by atoms with van der Waals surface area (Å²) >= 11 is 0. The van der Waals surface area contributed by atoms with Crippen LogP contribution in [0.5, 0.6) is 17.2 Å². The van der Waals surface area contributed by atoms with Gasteiger partial charge in [0.25, 0.3) is 21.6 Å². The van der Waals surface area contributed by atoms with Crippen LogP contribution in [0.25, 0.3) is 0 Å². The molecule has 3 aromatic rings. The van der Waals surface area contributed by atoms with Gasteiger partial charge < -0.3 is 14.2 Å². The first-order valence-electron chi connectivity index (χ1n) is 12.2. The summed E-state index contributed by atoms with van der Waals surface area (Å²) in [5.74, 6) is 0.355. The van der Waals surface area contributed by atoms with E-state index in [2.05, 4.69) is 17.5 Å². The highest BCUT2D eigenvalue weighted by Crippen LogP contribution is 2.37. The fourth-order valence-electron chi connectivity index (χ4n) is 3.56. The number of rotatable bonds is 14. The maximum Gasteiger partial charge on any atom is 0.289 e. The minimum absolute atomic E-state index is 0.0285. The van der Waals surface area contributed by atoms with E-state index in [-0.39, 0.29) is 11.4 Å². The number of anilines is 1. The Morgan fingerprint density at radius 3 is 2.40 bits per heavy atom. The molecule has 12 nitrogen and oxygen atoms in total. The molecule has 0 aliphatic rings. The first kappa shape index (κ1) is 29.9. The molecule has 0 radical (unpaired) electrons. The highest BCUT2D eigenvalue weighted by atomic mass is 32.2. The lowest BCUT2D eigenvalue weighted by molar-refractivity contribution is -0.387. The number of ether oxygens (including phenoxy) is 3. The van der Waals surface area contributed by atoms with Crippen molar-refractivity contribution < 1.29 is 32.3 Å². The van der Waals surface area contributed by atoms with E-state index in [9.17, 15) is 23.3 Å². The number of carbonyl (C=O) groups is 1. The van der Waals surface area contributed by atoms with Gasteiger partial charge in [-0.1, -0.05) is 25.5 Å². The van der Waals surface area contributed by atoms with Gasteiger partial charge in [-0.25, -0.2) is 13.8 Å². The average molecular weight is 571 g/mol. The van der Waals surface area contributed by atoms with Gasteiger partial charge in [0.05, 0.1) is 37.7 Å². The van der Waals surface area contributed by atoms with E-state index in [4.69, 9.17) is 14.2 Å². The van der Waals surface area contributed by atoms with E-state index in [0.29, 0.717) is 23.7 Å². The van der Waals surface area contributed by atoms with Crippen molar-refractivity contribution in [3.05, 3.63) is 82.4 Å². The first-order chi connectivity index (χ1) is 19.2. The molecular formula is C27H30N4O8S. The van der Waals surface area contributed by atoms with E-state index in [1.54, 1.807) is 24.3 Å². The molecule has 0 saturated carbocycles. The zero-order valence-electron chi connectivity index (χ0n) is 22.3. The highest BCUT2D eigenvalue weighted by molar-refractivity contribution is 7.93. The number of amides is 1. The van der Waals surface area contributed by atoms with Crippen LogP contribution in [0.3, 0.4) is 0 Å². The number of hydrogen-bond donors (Lipinski definition) is 1. The van der Waals surface area contributed by atoms with Crippen molar-refractivity contribution in [2.45, 2.75) is 24.7 Å². The average Bonchev–Trinajstić information content (AvgIpc) is 2.96. The van der Waals surface area contributed by atoms with Crippen molar-refractivity contribution in [2.24, 2.45) is 5.10 Å². The lowest BCUT2D eigenvalue weighted by Gasteiger charge is -2.25. The summed E-state index contributed by atoms with van der Waals surface area (Å²) < 4.78 is 44.3. The summed E-state index contributed by atoms with van der Waals surface area (Å²) in [6.45, 7) is 1.94. The first-order valence-corrected chi connectivity index (χ1v) is 13.7. The summed E-state index contributed by atoms with van der Waals surface area (Å²) in [6, 6.07) is 16.2. The van der Waals surface area contributed by atoms with Crippen molar-refractivity contribution >= 4 is 33.5 Å². The second-order valence-electron chi connectivity index (χ2n) is 8.34. The number of hydrazone groups is 1. The number of hydrogen-bond acceptors (Lipinski definition) is 9. The number of methoxy groups -OCH3 is 2. The zero-order chi connectivity index (χ0) is 29.1. The minimum Gasteiger partial charge on any atom is -0.497 e. The molecule has 3 rings (SSSR count). The molecule has 40 heavy (non-hydrogen) atoms. The molecule has 1 amide bonds. The molecule has 3 aromatic carbocycles. The predicted molar refractivity (Wildman–Crippen MR) is 150 cm³/mol. The molecule has 0 fully saturated rings. The summed E-state index contributed by atoms with van der Waals surface area (Å²) in [5, 5.41) is 15.5. The molecule has 0 bridgehead atoms. The van der Waals surface area contributed by atoms with E-state index in [1.165, 1.54) is 50.8 Å². The number of nitrogens with one attached hydrogen (secondary N) is 1. The number of carbonyl (C=O) groups excluding carboxylic acids is 1. The third-order valence-electron chi connectivity index (χ3n) is 5.62. The molecule has 0 atom stereocenters. The quantitative estimate of drug-likeness (QED) is 0.132. The Labute approximate surface area is 232 Å². The standard InChI is InChI=1S/C27H30N4O8S/c1-4-5-16-39-21-12-10-20(11-13-21)18-28-29-27(32)19-30(23-15-14-22(37-2)17-25(23)38-3)40(35,36)26-9-7-6-8-24(26)31(33)34/h6-15,17-18H,4-5,16,19H2,1-3H3,(H,29,32)/b28-18+. The molecule has 0 spiro atoms. The van der Waals surface area contributed by atoms with Gasteiger partial charge in [-0.15, -0.1) is 0 Å². The lowest BCUT2D eigenvalue weighted by atomic mass is 10.2.